The average molecular weight is 440 g/mol. The lowest BCUT2D eigenvalue weighted by atomic mass is 10.2. The van der Waals surface area contributed by atoms with Gasteiger partial charge in [0.25, 0.3) is 5.78 Å². The third kappa shape index (κ3) is 4.76. The van der Waals surface area contributed by atoms with E-state index in [0.29, 0.717) is 21.6 Å². The minimum Gasteiger partial charge on any atom is -0.434 e. The first kappa shape index (κ1) is 19.2. The molecule has 1 amide bonds. The number of fused-ring (bicyclic) bond motifs is 1. The Balaban J connectivity index is 1.68. The molecule has 0 atom stereocenters. The van der Waals surface area contributed by atoms with Crippen LogP contribution in [0.3, 0.4) is 0 Å². The quantitative estimate of drug-likeness (QED) is 0.638. The number of amides is 1. The van der Waals surface area contributed by atoms with Crippen LogP contribution in [-0.4, -0.2) is 32.1 Å². The Morgan fingerprint density at radius 1 is 1.30 bits per heavy atom. The molecule has 0 radical (unpaired) electrons. The van der Waals surface area contributed by atoms with Crippen molar-refractivity contribution in [2.45, 2.75) is 33.4 Å². The van der Waals surface area contributed by atoms with Gasteiger partial charge in [-0.2, -0.15) is 13.8 Å². The van der Waals surface area contributed by atoms with Crippen molar-refractivity contribution >= 4 is 27.6 Å². The van der Waals surface area contributed by atoms with Crippen molar-refractivity contribution in [1.82, 2.24) is 24.9 Å². The first-order chi connectivity index (χ1) is 12.8. The molecule has 2 heterocycles. The van der Waals surface area contributed by atoms with E-state index in [1.807, 2.05) is 19.9 Å². The molecule has 142 valence electrons. The van der Waals surface area contributed by atoms with Crippen LogP contribution in [-0.2, 0) is 17.8 Å². The predicted octanol–water partition coefficient (Wildman–Crippen LogP) is 2.96. The van der Waals surface area contributed by atoms with E-state index in [1.54, 1.807) is 16.6 Å². The van der Waals surface area contributed by atoms with Crippen LogP contribution in [0.4, 0.5) is 8.78 Å². The number of hydrogen-bond donors (Lipinski definition) is 1. The molecule has 1 N–H and O–H groups in total. The van der Waals surface area contributed by atoms with Gasteiger partial charge in [0.1, 0.15) is 5.75 Å². The number of alkyl halides is 2. The van der Waals surface area contributed by atoms with Gasteiger partial charge in [0.05, 0.1) is 6.42 Å². The molecule has 7 nitrogen and oxygen atoms in total. The number of carbonyl (C=O) groups is 1. The number of rotatable bonds is 6. The molecule has 0 saturated heterocycles. The molecule has 27 heavy (non-hydrogen) atoms. The van der Waals surface area contributed by atoms with Crippen molar-refractivity contribution in [1.29, 1.82) is 0 Å². The van der Waals surface area contributed by atoms with E-state index in [9.17, 15) is 13.6 Å². The van der Waals surface area contributed by atoms with Crippen molar-refractivity contribution < 1.29 is 18.3 Å². The largest absolute Gasteiger partial charge is 0.434 e. The fourth-order valence-corrected chi connectivity index (χ4v) is 2.99. The van der Waals surface area contributed by atoms with Crippen LogP contribution in [0.2, 0.25) is 0 Å². The number of halogens is 3. The van der Waals surface area contributed by atoms with Gasteiger partial charge in [0, 0.05) is 28.0 Å². The Morgan fingerprint density at radius 3 is 2.81 bits per heavy atom. The minimum absolute atomic E-state index is 0.00894. The van der Waals surface area contributed by atoms with Crippen molar-refractivity contribution in [3.63, 3.8) is 0 Å². The van der Waals surface area contributed by atoms with Gasteiger partial charge in [0.15, 0.2) is 5.82 Å². The number of carbonyl (C=O) groups excluding carboxylic acids is 1. The third-order valence-corrected chi connectivity index (χ3v) is 4.19. The van der Waals surface area contributed by atoms with Crippen molar-refractivity contribution in [3.05, 3.63) is 51.5 Å². The van der Waals surface area contributed by atoms with E-state index in [2.05, 4.69) is 41.1 Å². The van der Waals surface area contributed by atoms with Gasteiger partial charge >= 0.3 is 6.61 Å². The van der Waals surface area contributed by atoms with Crippen LogP contribution in [0.25, 0.3) is 5.78 Å². The highest BCUT2D eigenvalue weighted by molar-refractivity contribution is 9.10. The zero-order chi connectivity index (χ0) is 19.6. The standard InChI is InChI=1S/C17H16BrF2N5O2/c1-9-5-10(2)25-17(22-9)23-14(24-25)7-15(26)21-8-11-6-12(18)3-4-13(11)27-16(19)20/h3-6,16H,7-8H2,1-2H3,(H,21,26). The molecular formula is C17H16BrF2N5O2. The third-order valence-electron chi connectivity index (χ3n) is 3.70. The number of hydrogen-bond acceptors (Lipinski definition) is 5. The van der Waals surface area contributed by atoms with E-state index in [0.717, 1.165) is 11.4 Å². The SMILES string of the molecule is Cc1cc(C)n2nc(CC(=O)NCc3cc(Br)ccc3OC(F)F)nc2n1. The van der Waals surface area contributed by atoms with Gasteiger partial charge in [0.2, 0.25) is 5.91 Å². The summed E-state index contributed by atoms with van der Waals surface area (Å²) in [6.45, 7) is 0.815. The topological polar surface area (TPSA) is 81.4 Å². The number of aryl methyl sites for hydroxylation is 2. The van der Waals surface area contributed by atoms with E-state index < -0.39 is 6.61 Å². The average Bonchev–Trinajstić information content (AvgIpc) is 2.97. The smallest absolute Gasteiger partial charge is 0.387 e. The Bertz CT molecular complexity index is 993. The maximum Gasteiger partial charge on any atom is 0.387 e. The Morgan fingerprint density at radius 2 is 2.07 bits per heavy atom. The van der Waals surface area contributed by atoms with Crippen LogP contribution in [0.15, 0.2) is 28.7 Å². The van der Waals surface area contributed by atoms with E-state index in [1.165, 1.54) is 6.07 Å². The second-order valence-electron chi connectivity index (χ2n) is 5.86. The van der Waals surface area contributed by atoms with Crippen molar-refractivity contribution in [3.8, 4) is 5.75 Å². The number of ether oxygens (including phenoxy) is 1. The summed E-state index contributed by atoms with van der Waals surface area (Å²) in [6, 6.07) is 6.47. The van der Waals surface area contributed by atoms with Crippen LogP contribution < -0.4 is 10.1 Å². The molecule has 0 fully saturated rings. The minimum atomic E-state index is -2.94. The molecule has 0 bridgehead atoms. The predicted molar refractivity (Wildman–Crippen MR) is 96.6 cm³/mol. The molecule has 0 spiro atoms. The summed E-state index contributed by atoms with van der Waals surface area (Å²) in [5.74, 6) is 0.416. The molecule has 2 aromatic heterocycles. The number of aromatic nitrogens is 4. The molecule has 1 aromatic carbocycles. The van der Waals surface area contributed by atoms with Crippen LogP contribution >= 0.6 is 15.9 Å². The maximum atomic E-state index is 12.5. The Hall–Kier alpha value is -2.62. The summed E-state index contributed by atoms with van der Waals surface area (Å²) in [6.07, 6.45) is -0.0547. The molecule has 0 aliphatic rings. The van der Waals surface area contributed by atoms with Gasteiger partial charge in [-0.25, -0.2) is 9.50 Å². The van der Waals surface area contributed by atoms with E-state index in [-0.39, 0.29) is 24.6 Å². The normalized spacial score (nSPS) is 11.2. The first-order valence-electron chi connectivity index (χ1n) is 8.01. The second kappa shape index (κ2) is 7.95. The zero-order valence-corrected chi connectivity index (χ0v) is 16.1. The molecule has 0 aliphatic carbocycles. The molecular weight excluding hydrogens is 424 g/mol. The van der Waals surface area contributed by atoms with E-state index in [4.69, 9.17) is 0 Å². The maximum absolute atomic E-state index is 12.5. The lowest BCUT2D eigenvalue weighted by Crippen LogP contribution is -2.25. The zero-order valence-electron chi connectivity index (χ0n) is 14.5. The second-order valence-corrected chi connectivity index (χ2v) is 6.78. The van der Waals surface area contributed by atoms with Crippen molar-refractivity contribution in [2.24, 2.45) is 0 Å². The van der Waals surface area contributed by atoms with Gasteiger partial charge in [-0.3, -0.25) is 4.79 Å². The summed E-state index contributed by atoms with van der Waals surface area (Å²) < 4.78 is 31.7. The van der Waals surface area contributed by atoms with Gasteiger partial charge in [-0.1, -0.05) is 15.9 Å². The highest BCUT2D eigenvalue weighted by atomic mass is 79.9. The Labute approximate surface area is 161 Å². The van der Waals surface area contributed by atoms with Crippen LogP contribution in [0.1, 0.15) is 22.8 Å². The number of benzene rings is 1. The van der Waals surface area contributed by atoms with Crippen LogP contribution in [0, 0.1) is 13.8 Å². The lowest BCUT2D eigenvalue weighted by Gasteiger charge is -2.11. The Kier molecular flexibility index (Phi) is 5.64. The summed E-state index contributed by atoms with van der Waals surface area (Å²) >= 11 is 3.27. The molecule has 10 heteroatoms. The van der Waals surface area contributed by atoms with Gasteiger partial charge in [-0.05, 0) is 38.1 Å². The summed E-state index contributed by atoms with van der Waals surface area (Å²) in [5.41, 5.74) is 2.10. The molecule has 0 saturated carbocycles. The van der Waals surface area contributed by atoms with E-state index >= 15 is 0 Å². The number of nitrogens with zero attached hydrogens (tertiary/aromatic N) is 4. The van der Waals surface area contributed by atoms with Crippen LogP contribution in [0.5, 0.6) is 5.75 Å². The van der Waals surface area contributed by atoms with Gasteiger partial charge in [-0.15, -0.1) is 5.10 Å². The summed E-state index contributed by atoms with van der Waals surface area (Å²) in [5, 5.41) is 6.93. The van der Waals surface area contributed by atoms with Crippen molar-refractivity contribution in [2.75, 3.05) is 0 Å². The lowest BCUT2D eigenvalue weighted by molar-refractivity contribution is -0.120. The fraction of sp³-hybridized carbons (Fsp3) is 0.294. The summed E-state index contributed by atoms with van der Waals surface area (Å²) in [7, 11) is 0. The summed E-state index contributed by atoms with van der Waals surface area (Å²) in [4.78, 5) is 20.7. The fourth-order valence-electron chi connectivity index (χ4n) is 2.58. The molecule has 3 aromatic rings. The monoisotopic (exact) mass is 439 g/mol. The first-order valence-corrected chi connectivity index (χ1v) is 8.81. The van der Waals surface area contributed by atoms with Gasteiger partial charge < -0.3 is 10.1 Å². The molecule has 0 unspecified atom stereocenters. The molecule has 3 rings (SSSR count). The highest BCUT2D eigenvalue weighted by Gasteiger charge is 2.14. The number of nitrogens with one attached hydrogen (secondary N) is 1. The molecule has 0 aliphatic heterocycles. The highest BCUT2D eigenvalue weighted by Crippen LogP contribution is 2.24.